The Morgan fingerprint density at radius 1 is 1.22 bits per heavy atom. The van der Waals surface area contributed by atoms with Gasteiger partial charge in [-0.2, -0.15) is 5.01 Å². The van der Waals surface area contributed by atoms with E-state index in [4.69, 9.17) is 16.3 Å². The Hall–Kier alpha value is -3.06. The second-order valence-electron chi connectivity index (χ2n) is 6.30. The Morgan fingerprint density at radius 3 is 2.59 bits per heavy atom. The number of hydrazine groups is 1. The summed E-state index contributed by atoms with van der Waals surface area (Å²) in [5.74, 6) is -0.722. The van der Waals surface area contributed by atoms with E-state index >= 15 is 0 Å². The second kappa shape index (κ2) is 7.28. The van der Waals surface area contributed by atoms with Gasteiger partial charge in [-0.3, -0.25) is 15.0 Å². The molecule has 2 N–H and O–H groups in total. The zero-order chi connectivity index (χ0) is 19.6. The van der Waals surface area contributed by atoms with Crippen molar-refractivity contribution in [2.24, 2.45) is 0 Å². The van der Waals surface area contributed by atoms with Crippen molar-refractivity contribution in [2.75, 3.05) is 6.61 Å². The summed E-state index contributed by atoms with van der Waals surface area (Å²) in [6, 6.07) is 13.1. The van der Waals surface area contributed by atoms with E-state index in [1.165, 1.54) is 0 Å². The molecule has 1 saturated heterocycles. The summed E-state index contributed by atoms with van der Waals surface area (Å²) in [5.41, 5.74) is 2.42. The largest absolute Gasteiger partial charge is 0.483 e. The number of halogens is 1. The molecule has 4 amide bonds. The van der Waals surface area contributed by atoms with E-state index in [-0.39, 0.29) is 6.61 Å². The average Bonchev–Trinajstić information content (AvgIpc) is 2.86. The number of nitrogens with one attached hydrogen (secondary N) is 2. The quantitative estimate of drug-likeness (QED) is 0.772. The Labute approximate surface area is 161 Å². The number of hydrogen-bond donors (Lipinski definition) is 2. The van der Waals surface area contributed by atoms with Crippen molar-refractivity contribution in [3.05, 3.63) is 64.7 Å². The van der Waals surface area contributed by atoms with Crippen LogP contribution in [0.3, 0.4) is 0 Å². The van der Waals surface area contributed by atoms with Crippen molar-refractivity contribution < 1.29 is 19.1 Å². The van der Waals surface area contributed by atoms with E-state index in [0.29, 0.717) is 21.3 Å². The maximum Gasteiger partial charge on any atom is 0.344 e. The molecule has 0 radical (unpaired) electrons. The number of urea groups is 1. The molecule has 2 aromatic rings. The number of ether oxygens (including phenoxy) is 1. The van der Waals surface area contributed by atoms with Gasteiger partial charge in [0.15, 0.2) is 6.61 Å². The minimum Gasteiger partial charge on any atom is -0.483 e. The lowest BCUT2D eigenvalue weighted by Gasteiger charge is -2.22. The summed E-state index contributed by atoms with van der Waals surface area (Å²) in [4.78, 5) is 37.1. The molecule has 8 heteroatoms. The summed E-state index contributed by atoms with van der Waals surface area (Å²) >= 11 is 5.88. The number of nitrogens with zero attached hydrogens (tertiary/aromatic N) is 1. The SMILES string of the molecule is Cc1cc(Cl)ccc1OCC(=O)NN1C(=O)N[C@](C)(c2ccccc2)C1=O. The average molecular weight is 388 g/mol. The van der Waals surface area contributed by atoms with Crippen molar-refractivity contribution in [3.63, 3.8) is 0 Å². The minimum atomic E-state index is -1.25. The van der Waals surface area contributed by atoms with E-state index in [2.05, 4.69) is 10.7 Å². The maximum atomic E-state index is 12.7. The molecule has 7 nitrogen and oxygen atoms in total. The Balaban J connectivity index is 1.66. The highest BCUT2D eigenvalue weighted by Gasteiger charge is 2.49. The minimum absolute atomic E-state index is 0.360. The van der Waals surface area contributed by atoms with Crippen LogP contribution >= 0.6 is 11.6 Å². The van der Waals surface area contributed by atoms with E-state index in [0.717, 1.165) is 5.56 Å². The van der Waals surface area contributed by atoms with Crippen molar-refractivity contribution in [1.29, 1.82) is 0 Å². The molecule has 140 valence electrons. The van der Waals surface area contributed by atoms with Gasteiger partial charge in [-0.1, -0.05) is 41.9 Å². The van der Waals surface area contributed by atoms with Gasteiger partial charge in [0.1, 0.15) is 11.3 Å². The molecule has 27 heavy (non-hydrogen) atoms. The highest BCUT2D eigenvalue weighted by Crippen LogP contribution is 2.27. The third-order valence-corrected chi connectivity index (χ3v) is 4.51. The number of hydrogen-bond acceptors (Lipinski definition) is 4. The normalized spacial score (nSPS) is 19.0. The molecule has 0 bridgehead atoms. The highest BCUT2D eigenvalue weighted by molar-refractivity contribution is 6.30. The first-order valence-electron chi connectivity index (χ1n) is 8.22. The van der Waals surface area contributed by atoms with E-state index < -0.39 is 23.4 Å². The molecule has 0 unspecified atom stereocenters. The monoisotopic (exact) mass is 387 g/mol. The zero-order valence-corrected chi connectivity index (χ0v) is 15.5. The molecule has 1 atom stereocenters. The Bertz CT molecular complexity index is 903. The Morgan fingerprint density at radius 2 is 1.93 bits per heavy atom. The van der Waals surface area contributed by atoms with Crippen molar-refractivity contribution >= 4 is 29.4 Å². The topological polar surface area (TPSA) is 87.7 Å². The number of carbonyl (C=O) groups excluding carboxylic acids is 3. The van der Waals surface area contributed by atoms with Gasteiger partial charge in [-0.25, -0.2) is 4.79 Å². The molecule has 3 rings (SSSR count). The predicted octanol–water partition coefficient (Wildman–Crippen LogP) is 2.53. The molecular formula is C19H18ClN3O4. The standard InChI is InChI=1S/C19H18ClN3O4/c1-12-10-14(20)8-9-15(12)27-11-16(24)22-23-17(25)19(2,21-18(23)26)13-6-4-3-5-7-13/h3-10H,11H2,1-2H3,(H,21,26)(H,22,24)/t19-/m1/s1. The van der Waals surface area contributed by atoms with E-state index in [1.54, 1.807) is 56.3 Å². The Kier molecular flexibility index (Phi) is 5.05. The van der Waals surface area contributed by atoms with Crippen LogP contribution in [0, 0.1) is 6.92 Å². The lowest BCUT2D eigenvalue weighted by molar-refractivity contribution is -0.139. The molecule has 0 aliphatic carbocycles. The van der Waals surface area contributed by atoms with Crippen LogP contribution in [0.25, 0.3) is 0 Å². The van der Waals surface area contributed by atoms with Crippen LogP contribution in [0.4, 0.5) is 4.79 Å². The third kappa shape index (κ3) is 3.73. The first-order valence-corrected chi connectivity index (χ1v) is 8.60. The molecule has 1 heterocycles. The molecule has 2 aromatic carbocycles. The van der Waals surface area contributed by atoms with Crippen LogP contribution in [0.2, 0.25) is 5.02 Å². The van der Waals surface area contributed by atoms with Crippen molar-refractivity contribution in [2.45, 2.75) is 19.4 Å². The summed E-state index contributed by atoms with van der Waals surface area (Å²) < 4.78 is 5.43. The first kappa shape index (κ1) is 18.7. The van der Waals surface area contributed by atoms with Gasteiger partial charge in [0, 0.05) is 5.02 Å². The van der Waals surface area contributed by atoms with Crippen LogP contribution in [-0.2, 0) is 15.1 Å². The fourth-order valence-electron chi connectivity index (χ4n) is 2.78. The number of carbonyl (C=O) groups is 3. The number of aryl methyl sites for hydroxylation is 1. The van der Waals surface area contributed by atoms with Gasteiger partial charge in [-0.15, -0.1) is 0 Å². The molecule has 1 aliphatic rings. The van der Waals surface area contributed by atoms with Gasteiger partial charge < -0.3 is 10.1 Å². The first-order chi connectivity index (χ1) is 12.8. The van der Waals surface area contributed by atoms with E-state index in [9.17, 15) is 14.4 Å². The number of rotatable bonds is 5. The molecule has 0 spiro atoms. The number of amides is 4. The smallest absolute Gasteiger partial charge is 0.344 e. The molecule has 1 fully saturated rings. The van der Waals surface area contributed by atoms with Gasteiger partial charge in [0.25, 0.3) is 11.8 Å². The fourth-order valence-corrected chi connectivity index (χ4v) is 3.01. The predicted molar refractivity (Wildman–Crippen MR) is 99.0 cm³/mol. The summed E-state index contributed by atoms with van der Waals surface area (Å²) in [6.07, 6.45) is 0. The second-order valence-corrected chi connectivity index (χ2v) is 6.73. The van der Waals surface area contributed by atoms with Crippen molar-refractivity contribution in [3.8, 4) is 5.75 Å². The lowest BCUT2D eigenvalue weighted by atomic mass is 9.92. The van der Waals surface area contributed by atoms with Gasteiger partial charge in [0.2, 0.25) is 0 Å². The highest BCUT2D eigenvalue weighted by atomic mass is 35.5. The van der Waals surface area contributed by atoms with Crippen LogP contribution in [0.5, 0.6) is 5.75 Å². The molecule has 0 aromatic heterocycles. The van der Waals surface area contributed by atoms with Crippen LogP contribution in [0.1, 0.15) is 18.1 Å². The van der Waals surface area contributed by atoms with E-state index in [1.807, 2.05) is 6.07 Å². The van der Waals surface area contributed by atoms with Crippen molar-refractivity contribution in [1.82, 2.24) is 15.8 Å². The molecule has 1 aliphatic heterocycles. The maximum absolute atomic E-state index is 12.7. The summed E-state index contributed by atoms with van der Waals surface area (Å²) in [6.45, 7) is 3.02. The lowest BCUT2D eigenvalue weighted by Crippen LogP contribution is -2.49. The zero-order valence-electron chi connectivity index (χ0n) is 14.8. The van der Waals surface area contributed by atoms with Crippen LogP contribution in [-0.4, -0.2) is 29.5 Å². The molecule has 0 saturated carbocycles. The van der Waals surface area contributed by atoms with Crippen LogP contribution in [0.15, 0.2) is 48.5 Å². The third-order valence-electron chi connectivity index (χ3n) is 4.27. The summed E-state index contributed by atoms with van der Waals surface area (Å²) in [7, 11) is 0. The van der Waals surface area contributed by atoms with Crippen LogP contribution < -0.4 is 15.5 Å². The number of benzene rings is 2. The van der Waals surface area contributed by atoms with Gasteiger partial charge >= 0.3 is 6.03 Å². The van der Waals surface area contributed by atoms with Gasteiger partial charge in [-0.05, 0) is 43.2 Å². The fraction of sp³-hybridized carbons (Fsp3) is 0.211. The molecular weight excluding hydrogens is 370 g/mol. The van der Waals surface area contributed by atoms with Gasteiger partial charge in [0.05, 0.1) is 0 Å². The number of imide groups is 1. The summed E-state index contributed by atoms with van der Waals surface area (Å²) in [5, 5.41) is 3.84.